The molecule has 1 heterocycles. The Morgan fingerprint density at radius 1 is 0.581 bits per heavy atom. The van der Waals surface area contributed by atoms with Crippen molar-refractivity contribution in [3.63, 3.8) is 0 Å². The largest absolute Gasteiger partial charge is 0.397 e. The highest BCUT2D eigenvalue weighted by atomic mass is 14.7. The monoisotopic (exact) mass is 552 g/mol. The summed E-state index contributed by atoms with van der Waals surface area (Å²) in [7, 11) is 0. The second-order valence-electron chi connectivity index (χ2n) is 11.0. The molecule has 1 aromatic heterocycles. The van der Waals surface area contributed by atoms with E-state index in [2.05, 4.69) is 134 Å². The third-order valence-electron chi connectivity index (χ3n) is 8.36. The molecule has 0 aliphatic carbocycles. The zero-order valence-electron chi connectivity index (χ0n) is 24.4. The number of nitrogens with two attached hydrogens (primary N) is 1. The van der Waals surface area contributed by atoms with Crippen molar-refractivity contribution in [3.05, 3.63) is 163 Å². The van der Waals surface area contributed by atoms with Crippen LogP contribution in [0.3, 0.4) is 0 Å². The molecule has 0 atom stereocenters. The van der Waals surface area contributed by atoms with Gasteiger partial charge < -0.3 is 5.73 Å². The normalized spacial score (nSPS) is 12.3. The predicted octanol–water partition coefficient (Wildman–Crippen LogP) is 10.6. The Balaban J connectivity index is 1.50. The molecular weight excluding hydrogens is 520 g/mol. The van der Waals surface area contributed by atoms with Crippen LogP contribution in [0.4, 0.5) is 0 Å². The van der Waals surface area contributed by atoms with E-state index in [1.54, 1.807) is 6.20 Å². The van der Waals surface area contributed by atoms with Crippen molar-refractivity contribution in [2.75, 3.05) is 0 Å². The van der Waals surface area contributed by atoms with Gasteiger partial charge in [-0.1, -0.05) is 127 Å². The predicted molar refractivity (Wildman–Crippen MR) is 185 cm³/mol. The van der Waals surface area contributed by atoms with E-state index in [4.69, 9.17) is 5.73 Å². The summed E-state index contributed by atoms with van der Waals surface area (Å²) in [4.78, 5) is 4.45. The van der Waals surface area contributed by atoms with Crippen LogP contribution in [0.5, 0.6) is 0 Å². The van der Waals surface area contributed by atoms with Crippen LogP contribution in [0.2, 0.25) is 0 Å². The highest BCUT2D eigenvalue weighted by Crippen LogP contribution is 2.45. The van der Waals surface area contributed by atoms with Crippen molar-refractivity contribution in [1.82, 2.24) is 4.98 Å². The Labute approximate surface area is 252 Å². The molecule has 7 rings (SSSR count). The van der Waals surface area contributed by atoms with E-state index in [0.717, 1.165) is 16.8 Å². The zero-order valence-corrected chi connectivity index (χ0v) is 24.4. The minimum atomic E-state index is 0.644. The zero-order chi connectivity index (χ0) is 29.3. The summed E-state index contributed by atoms with van der Waals surface area (Å²) in [6.07, 6.45) is 5.93. The van der Waals surface area contributed by atoms with Crippen LogP contribution in [0.25, 0.3) is 65.8 Å². The number of aryl methyl sites for hydroxylation is 1. The molecule has 0 saturated carbocycles. The molecule has 0 bridgehead atoms. The molecule has 6 aromatic carbocycles. The molecule has 0 amide bonds. The van der Waals surface area contributed by atoms with E-state index in [1.165, 1.54) is 60.1 Å². The first kappa shape index (κ1) is 26.4. The van der Waals surface area contributed by atoms with Gasteiger partial charge in [-0.3, -0.25) is 4.98 Å². The number of pyridine rings is 1. The maximum absolute atomic E-state index is 6.53. The molecule has 2 N–H and O–H groups in total. The average Bonchev–Trinajstić information content (AvgIpc) is 3.06. The second kappa shape index (κ2) is 11.1. The number of nitrogens with zero attached hydrogens (tertiary/aromatic N) is 1. The van der Waals surface area contributed by atoms with Crippen LogP contribution in [0.15, 0.2) is 146 Å². The lowest BCUT2D eigenvalue weighted by Crippen LogP contribution is -1.99. The van der Waals surface area contributed by atoms with Gasteiger partial charge in [0.05, 0.1) is 11.4 Å². The second-order valence-corrected chi connectivity index (χ2v) is 11.0. The molecule has 43 heavy (non-hydrogen) atoms. The molecule has 2 nitrogen and oxygen atoms in total. The fourth-order valence-electron chi connectivity index (χ4n) is 6.32. The molecule has 0 aliphatic rings. The Kier molecular flexibility index (Phi) is 6.81. The van der Waals surface area contributed by atoms with Gasteiger partial charge in [-0.2, -0.15) is 0 Å². The fraction of sp³-hybridized carbons (Fsp3) is 0.0488. The minimum absolute atomic E-state index is 0.644. The van der Waals surface area contributed by atoms with E-state index in [-0.39, 0.29) is 0 Å². The van der Waals surface area contributed by atoms with Gasteiger partial charge in [0, 0.05) is 6.20 Å². The summed E-state index contributed by atoms with van der Waals surface area (Å²) >= 11 is 0. The number of aromatic nitrogens is 1. The Morgan fingerprint density at radius 2 is 1.16 bits per heavy atom. The topological polar surface area (TPSA) is 38.9 Å². The molecule has 2 heteroatoms. The smallest absolute Gasteiger partial charge is 0.0859 e. The lowest BCUT2D eigenvalue weighted by molar-refractivity contribution is 1.26. The van der Waals surface area contributed by atoms with E-state index in [0.29, 0.717) is 5.70 Å². The molecule has 0 aliphatic heterocycles. The lowest BCUT2D eigenvalue weighted by atomic mass is 9.84. The van der Waals surface area contributed by atoms with Gasteiger partial charge in [-0.05, 0) is 97.8 Å². The summed E-state index contributed by atoms with van der Waals surface area (Å²) in [5.41, 5.74) is 16.4. The lowest BCUT2D eigenvalue weighted by Gasteiger charge is -2.19. The van der Waals surface area contributed by atoms with Crippen molar-refractivity contribution in [2.45, 2.75) is 13.8 Å². The summed E-state index contributed by atoms with van der Waals surface area (Å²) in [6, 6.07) is 45.6. The molecule has 7 aromatic rings. The Hall–Kier alpha value is -5.47. The van der Waals surface area contributed by atoms with Crippen LogP contribution in [-0.4, -0.2) is 4.98 Å². The molecular formula is C41H32N2. The summed E-state index contributed by atoms with van der Waals surface area (Å²) in [6.45, 7) is 4.20. The van der Waals surface area contributed by atoms with Crippen LogP contribution in [0, 0.1) is 6.92 Å². The number of hydrogen-bond acceptors (Lipinski definition) is 2. The van der Waals surface area contributed by atoms with Crippen molar-refractivity contribution in [3.8, 4) is 22.3 Å². The Bertz CT molecular complexity index is 2130. The maximum atomic E-state index is 6.53. The van der Waals surface area contributed by atoms with Crippen molar-refractivity contribution in [1.29, 1.82) is 0 Å². The number of rotatable bonds is 5. The highest BCUT2D eigenvalue weighted by Gasteiger charge is 2.18. The minimum Gasteiger partial charge on any atom is -0.397 e. The summed E-state index contributed by atoms with van der Waals surface area (Å²) in [5.74, 6) is 0. The van der Waals surface area contributed by atoms with Crippen molar-refractivity contribution >= 4 is 43.6 Å². The van der Waals surface area contributed by atoms with Gasteiger partial charge in [0.25, 0.3) is 0 Å². The van der Waals surface area contributed by atoms with Crippen molar-refractivity contribution in [2.24, 2.45) is 5.73 Å². The number of fused-ring (bicyclic) bond motifs is 3. The molecule has 0 spiro atoms. The first-order valence-corrected chi connectivity index (χ1v) is 14.7. The average molecular weight is 553 g/mol. The number of benzene rings is 6. The summed E-state index contributed by atoms with van der Waals surface area (Å²) in [5, 5.41) is 7.42. The van der Waals surface area contributed by atoms with Crippen molar-refractivity contribution < 1.29 is 0 Å². The highest BCUT2D eigenvalue weighted by molar-refractivity contribution is 6.23. The molecule has 0 unspecified atom stereocenters. The standard InChI is InChI=1S/C41H32N2/c1-3-28(26-38(42)39-20-8-9-25-43-39)30-16-10-18-32-31(30)17-11-19-33(32)41-36-14-6-4-12-34(36)40(29-23-21-27(2)22-24-29)35-13-5-7-15-37(35)41/h3-26H,42H2,1-2H3/b28-3+,38-26-. The Morgan fingerprint density at radius 3 is 1.79 bits per heavy atom. The molecule has 206 valence electrons. The molecule has 0 fully saturated rings. The first-order chi connectivity index (χ1) is 21.1. The van der Waals surface area contributed by atoms with Crippen LogP contribution >= 0.6 is 0 Å². The van der Waals surface area contributed by atoms with Gasteiger partial charge in [-0.25, -0.2) is 0 Å². The van der Waals surface area contributed by atoms with Crippen LogP contribution in [-0.2, 0) is 0 Å². The van der Waals surface area contributed by atoms with E-state index >= 15 is 0 Å². The van der Waals surface area contributed by atoms with Crippen LogP contribution in [0.1, 0.15) is 23.7 Å². The van der Waals surface area contributed by atoms with E-state index in [1.807, 2.05) is 24.3 Å². The van der Waals surface area contributed by atoms with Gasteiger partial charge in [0.2, 0.25) is 0 Å². The van der Waals surface area contributed by atoms with Gasteiger partial charge in [0.1, 0.15) is 0 Å². The van der Waals surface area contributed by atoms with Gasteiger partial charge >= 0.3 is 0 Å². The van der Waals surface area contributed by atoms with E-state index in [9.17, 15) is 0 Å². The summed E-state index contributed by atoms with van der Waals surface area (Å²) < 4.78 is 0. The molecule has 0 radical (unpaired) electrons. The maximum Gasteiger partial charge on any atom is 0.0859 e. The fourth-order valence-corrected chi connectivity index (χ4v) is 6.32. The first-order valence-electron chi connectivity index (χ1n) is 14.7. The van der Waals surface area contributed by atoms with E-state index < -0.39 is 0 Å². The van der Waals surface area contributed by atoms with Gasteiger partial charge in [0.15, 0.2) is 0 Å². The van der Waals surface area contributed by atoms with Crippen LogP contribution < -0.4 is 5.73 Å². The number of hydrogen-bond donors (Lipinski definition) is 1. The third-order valence-corrected chi connectivity index (χ3v) is 8.36. The van der Waals surface area contributed by atoms with Gasteiger partial charge in [-0.15, -0.1) is 0 Å². The number of allylic oxidation sites excluding steroid dienone is 3. The quantitative estimate of drug-likeness (QED) is 0.170. The third kappa shape index (κ3) is 4.67. The SMILES string of the molecule is C/C=C(\C=C(/N)c1ccccn1)c1cccc2c(-c3c4ccccc4c(-c4ccc(C)cc4)c4ccccc34)cccc12. The molecule has 0 saturated heterocycles.